The van der Waals surface area contributed by atoms with Gasteiger partial charge in [0.25, 0.3) is 0 Å². The van der Waals surface area contributed by atoms with E-state index in [-0.39, 0.29) is 23.7 Å². The first-order chi connectivity index (χ1) is 8.99. The molecule has 0 aliphatic heterocycles. The Morgan fingerprint density at radius 1 is 1.37 bits per heavy atom. The van der Waals surface area contributed by atoms with Gasteiger partial charge in [-0.15, -0.1) is 0 Å². The lowest BCUT2D eigenvalue weighted by molar-refractivity contribution is -0.119. The number of benzene rings is 1. The van der Waals surface area contributed by atoms with Crippen molar-refractivity contribution < 1.29 is 19.1 Å². The summed E-state index contributed by atoms with van der Waals surface area (Å²) in [6, 6.07) is 3.65. The van der Waals surface area contributed by atoms with Crippen molar-refractivity contribution in [3.8, 4) is 0 Å². The second kappa shape index (κ2) is 6.72. The topological polar surface area (TPSA) is 69.6 Å². The number of halogens is 1. The predicted molar refractivity (Wildman–Crippen MR) is 69.9 cm³/mol. The van der Waals surface area contributed by atoms with Gasteiger partial charge in [-0.25, -0.2) is 9.18 Å². The van der Waals surface area contributed by atoms with Gasteiger partial charge in [0, 0.05) is 13.1 Å². The number of carbonyl (C=O) groups excluding carboxylic acids is 1. The van der Waals surface area contributed by atoms with Crippen LogP contribution in [-0.2, 0) is 4.79 Å². The summed E-state index contributed by atoms with van der Waals surface area (Å²) in [4.78, 5) is 23.8. The number of carboxylic acid groups (broad SMARTS) is 1. The van der Waals surface area contributed by atoms with Gasteiger partial charge in [-0.3, -0.25) is 4.79 Å². The summed E-state index contributed by atoms with van der Waals surface area (Å²) < 4.78 is 13.8. The van der Waals surface area contributed by atoms with Crippen LogP contribution < -0.4 is 10.2 Å². The number of nitrogens with zero attached hydrogens (tertiary/aromatic N) is 1. The highest BCUT2D eigenvalue weighted by molar-refractivity contribution is 5.88. The smallest absolute Gasteiger partial charge is 0.335 e. The summed E-state index contributed by atoms with van der Waals surface area (Å²) in [6.07, 6.45) is 0. The van der Waals surface area contributed by atoms with Gasteiger partial charge in [0.1, 0.15) is 5.82 Å². The Labute approximate surface area is 111 Å². The van der Waals surface area contributed by atoms with Crippen LogP contribution in [0.1, 0.15) is 24.2 Å². The van der Waals surface area contributed by atoms with Crippen LogP contribution in [0.4, 0.5) is 10.1 Å². The Morgan fingerprint density at radius 3 is 2.53 bits per heavy atom. The second-order valence-corrected chi connectivity index (χ2v) is 3.94. The number of carbonyl (C=O) groups is 2. The summed E-state index contributed by atoms with van der Waals surface area (Å²) in [6.45, 7) is 4.59. The molecule has 0 radical (unpaired) electrons. The maximum Gasteiger partial charge on any atom is 0.335 e. The molecule has 2 N–H and O–H groups in total. The Balaban J connectivity index is 2.92. The van der Waals surface area contributed by atoms with Crippen molar-refractivity contribution in [3.63, 3.8) is 0 Å². The number of aromatic carboxylic acids is 1. The third kappa shape index (κ3) is 3.94. The molecule has 1 rings (SSSR count). The molecule has 0 bridgehead atoms. The molecule has 1 aromatic carbocycles. The molecule has 5 nitrogen and oxygen atoms in total. The lowest BCUT2D eigenvalue weighted by Gasteiger charge is -2.23. The van der Waals surface area contributed by atoms with Gasteiger partial charge in [0.05, 0.1) is 17.8 Å². The molecule has 0 unspecified atom stereocenters. The molecular formula is C13H17FN2O3. The third-order valence-corrected chi connectivity index (χ3v) is 2.63. The predicted octanol–water partition coefficient (Wildman–Crippen LogP) is 1.49. The molecule has 0 fully saturated rings. The molecule has 0 saturated carbocycles. The number of amides is 1. The van der Waals surface area contributed by atoms with Gasteiger partial charge in [0.15, 0.2) is 0 Å². The molecule has 104 valence electrons. The minimum absolute atomic E-state index is 0.0354. The first-order valence-corrected chi connectivity index (χ1v) is 6.04. The molecule has 19 heavy (non-hydrogen) atoms. The van der Waals surface area contributed by atoms with Gasteiger partial charge >= 0.3 is 5.97 Å². The molecule has 1 amide bonds. The van der Waals surface area contributed by atoms with Crippen molar-refractivity contribution in [1.82, 2.24) is 5.32 Å². The molecule has 0 heterocycles. The first kappa shape index (κ1) is 14.9. The fourth-order valence-corrected chi connectivity index (χ4v) is 1.69. The summed E-state index contributed by atoms with van der Waals surface area (Å²) in [5.41, 5.74) is 0.106. The van der Waals surface area contributed by atoms with Crippen LogP contribution in [0.2, 0.25) is 0 Å². The third-order valence-electron chi connectivity index (χ3n) is 2.63. The molecule has 0 aliphatic rings. The van der Waals surface area contributed by atoms with Gasteiger partial charge in [0.2, 0.25) is 5.91 Å². The summed E-state index contributed by atoms with van der Waals surface area (Å²) in [5.74, 6) is -2.03. The van der Waals surface area contributed by atoms with E-state index in [1.807, 2.05) is 0 Å². The fourth-order valence-electron chi connectivity index (χ4n) is 1.69. The van der Waals surface area contributed by atoms with Crippen LogP contribution in [-0.4, -0.2) is 36.6 Å². The monoisotopic (exact) mass is 268 g/mol. The Bertz CT molecular complexity index is 477. The van der Waals surface area contributed by atoms with E-state index in [1.165, 1.54) is 12.1 Å². The molecule has 0 aliphatic carbocycles. The Kier molecular flexibility index (Phi) is 5.29. The van der Waals surface area contributed by atoms with E-state index in [0.717, 1.165) is 6.07 Å². The molecule has 0 atom stereocenters. The molecule has 6 heteroatoms. The average molecular weight is 268 g/mol. The van der Waals surface area contributed by atoms with Crippen LogP contribution in [0.5, 0.6) is 0 Å². The lowest BCUT2D eigenvalue weighted by Crippen LogP contribution is -2.37. The molecule has 1 aromatic rings. The summed E-state index contributed by atoms with van der Waals surface area (Å²) in [7, 11) is 0. The van der Waals surface area contributed by atoms with Gasteiger partial charge in [-0.05, 0) is 32.0 Å². The van der Waals surface area contributed by atoms with Crippen molar-refractivity contribution in [1.29, 1.82) is 0 Å². The zero-order valence-electron chi connectivity index (χ0n) is 10.9. The van der Waals surface area contributed by atoms with Crippen molar-refractivity contribution in [2.45, 2.75) is 13.8 Å². The number of anilines is 1. The van der Waals surface area contributed by atoms with E-state index in [4.69, 9.17) is 5.11 Å². The van der Waals surface area contributed by atoms with E-state index in [2.05, 4.69) is 5.32 Å². The highest BCUT2D eigenvalue weighted by Gasteiger charge is 2.15. The van der Waals surface area contributed by atoms with Crippen LogP contribution >= 0.6 is 0 Å². The Morgan fingerprint density at radius 2 is 2.05 bits per heavy atom. The van der Waals surface area contributed by atoms with E-state index < -0.39 is 11.8 Å². The van der Waals surface area contributed by atoms with Crippen LogP contribution in [0.3, 0.4) is 0 Å². The quantitative estimate of drug-likeness (QED) is 0.820. The number of carboxylic acids is 1. The highest BCUT2D eigenvalue weighted by atomic mass is 19.1. The molecule has 0 aromatic heterocycles. The van der Waals surface area contributed by atoms with Crippen LogP contribution in [0, 0.1) is 5.82 Å². The van der Waals surface area contributed by atoms with E-state index in [9.17, 15) is 14.0 Å². The normalized spacial score (nSPS) is 10.1. The Hall–Kier alpha value is -2.11. The molecular weight excluding hydrogens is 251 g/mol. The van der Waals surface area contributed by atoms with E-state index >= 15 is 0 Å². The largest absolute Gasteiger partial charge is 0.478 e. The van der Waals surface area contributed by atoms with Crippen molar-refractivity contribution in [3.05, 3.63) is 29.6 Å². The van der Waals surface area contributed by atoms with Gasteiger partial charge in [-0.2, -0.15) is 0 Å². The number of likely N-dealkylation sites (N-methyl/N-ethyl adjacent to an activating group) is 2. The zero-order valence-corrected chi connectivity index (χ0v) is 10.9. The minimum Gasteiger partial charge on any atom is -0.478 e. The summed E-state index contributed by atoms with van der Waals surface area (Å²) in [5, 5.41) is 11.4. The highest BCUT2D eigenvalue weighted by Crippen LogP contribution is 2.20. The number of hydrogen-bond acceptors (Lipinski definition) is 3. The average Bonchev–Trinajstić information content (AvgIpc) is 2.36. The number of nitrogens with one attached hydrogen (secondary N) is 1. The van der Waals surface area contributed by atoms with E-state index in [1.54, 1.807) is 18.7 Å². The SMILES string of the molecule is CCNC(=O)CN(CC)c1ccc(C(=O)O)cc1F. The first-order valence-electron chi connectivity index (χ1n) is 6.04. The van der Waals surface area contributed by atoms with Gasteiger partial charge in [-0.1, -0.05) is 0 Å². The number of rotatable bonds is 6. The van der Waals surface area contributed by atoms with Crippen molar-refractivity contribution >= 4 is 17.6 Å². The zero-order chi connectivity index (χ0) is 14.4. The van der Waals surface area contributed by atoms with Crippen LogP contribution in [0.25, 0.3) is 0 Å². The lowest BCUT2D eigenvalue weighted by atomic mass is 10.2. The molecule has 0 saturated heterocycles. The minimum atomic E-state index is -1.18. The van der Waals surface area contributed by atoms with E-state index in [0.29, 0.717) is 13.1 Å². The van der Waals surface area contributed by atoms with Crippen molar-refractivity contribution in [2.24, 2.45) is 0 Å². The maximum absolute atomic E-state index is 13.8. The fraction of sp³-hybridized carbons (Fsp3) is 0.385. The van der Waals surface area contributed by atoms with Gasteiger partial charge < -0.3 is 15.3 Å². The maximum atomic E-state index is 13.8. The van der Waals surface area contributed by atoms with Crippen LogP contribution in [0.15, 0.2) is 18.2 Å². The number of hydrogen-bond donors (Lipinski definition) is 2. The standard InChI is InChI=1S/C13H17FN2O3/c1-3-15-12(17)8-16(4-2)11-6-5-9(13(18)19)7-10(11)14/h5-7H,3-4,8H2,1-2H3,(H,15,17)(H,18,19). The second-order valence-electron chi connectivity index (χ2n) is 3.94. The van der Waals surface area contributed by atoms with Crippen molar-refractivity contribution in [2.75, 3.05) is 24.5 Å². The summed E-state index contributed by atoms with van der Waals surface area (Å²) >= 11 is 0. The molecule has 0 spiro atoms.